The highest BCUT2D eigenvalue weighted by molar-refractivity contribution is 7.19. The molecule has 1 heterocycles. The minimum atomic E-state index is -4.35. The van der Waals surface area contributed by atoms with Gasteiger partial charge in [-0.05, 0) is 86.4 Å². The number of alkyl halides is 3. The molecule has 3 aromatic rings. The second-order valence-electron chi connectivity index (χ2n) is 8.80. The van der Waals surface area contributed by atoms with Crippen molar-refractivity contribution in [3.8, 4) is 11.5 Å². The number of rotatable bonds is 12. The average molecular weight is 523 g/mol. The van der Waals surface area contributed by atoms with Crippen LogP contribution in [0.3, 0.4) is 0 Å². The molecule has 36 heavy (non-hydrogen) atoms. The van der Waals surface area contributed by atoms with E-state index in [0.29, 0.717) is 29.4 Å². The SMILES string of the molecule is CCCC[C@H](CCOc1ccc(OCC(=O)OCC)c(C)c1)c1sc2cc(C(F)(F)F)ccc2c1C. The van der Waals surface area contributed by atoms with E-state index < -0.39 is 17.7 Å². The molecular weight excluding hydrogens is 489 g/mol. The monoisotopic (exact) mass is 522 g/mol. The largest absolute Gasteiger partial charge is 0.494 e. The van der Waals surface area contributed by atoms with Crippen molar-refractivity contribution in [3.05, 3.63) is 58.0 Å². The first-order valence-corrected chi connectivity index (χ1v) is 13.1. The predicted octanol–water partition coefficient (Wildman–Crippen LogP) is 8.22. The summed E-state index contributed by atoms with van der Waals surface area (Å²) >= 11 is 1.46. The molecule has 2 aromatic carbocycles. The zero-order valence-corrected chi connectivity index (χ0v) is 22.0. The van der Waals surface area contributed by atoms with Gasteiger partial charge in [0.1, 0.15) is 11.5 Å². The summed E-state index contributed by atoms with van der Waals surface area (Å²) in [6.07, 6.45) is -0.539. The van der Waals surface area contributed by atoms with Crippen LogP contribution in [0.5, 0.6) is 11.5 Å². The molecule has 0 aliphatic carbocycles. The van der Waals surface area contributed by atoms with Crippen LogP contribution in [0.15, 0.2) is 36.4 Å². The van der Waals surface area contributed by atoms with Gasteiger partial charge in [-0.2, -0.15) is 13.2 Å². The standard InChI is InChI=1S/C28H33F3O4S/c1-5-7-8-20(27-19(4)23-11-9-21(28(29,30)31)16-25(23)36-27)13-14-34-22-10-12-24(18(3)15-22)35-17-26(32)33-6-2/h9-12,15-16,20H,5-8,13-14,17H2,1-4H3/t20-/m1/s1. The van der Waals surface area contributed by atoms with Gasteiger partial charge in [0.25, 0.3) is 0 Å². The van der Waals surface area contributed by atoms with Crippen LogP contribution in [0.4, 0.5) is 13.2 Å². The fourth-order valence-corrected chi connectivity index (χ4v) is 5.62. The summed E-state index contributed by atoms with van der Waals surface area (Å²) in [5.74, 6) is 1.09. The molecule has 0 fully saturated rings. The third-order valence-corrected chi connectivity index (χ3v) is 7.53. The topological polar surface area (TPSA) is 44.8 Å². The summed E-state index contributed by atoms with van der Waals surface area (Å²) in [6.45, 7) is 8.41. The van der Waals surface area contributed by atoms with E-state index in [0.717, 1.165) is 47.1 Å². The molecule has 0 spiro atoms. The number of fused-ring (bicyclic) bond motifs is 1. The molecule has 0 bridgehead atoms. The first-order chi connectivity index (χ1) is 17.1. The minimum Gasteiger partial charge on any atom is -0.494 e. The summed E-state index contributed by atoms with van der Waals surface area (Å²) in [7, 11) is 0. The third kappa shape index (κ3) is 7.15. The van der Waals surface area contributed by atoms with Crippen molar-refractivity contribution in [1.82, 2.24) is 0 Å². The number of thiophene rings is 1. The van der Waals surface area contributed by atoms with Crippen LogP contribution >= 0.6 is 11.3 Å². The number of hydrogen-bond acceptors (Lipinski definition) is 5. The van der Waals surface area contributed by atoms with Crippen LogP contribution < -0.4 is 9.47 Å². The van der Waals surface area contributed by atoms with Gasteiger partial charge in [-0.15, -0.1) is 11.3 Å². The number of esters is 1. The maximum absolute atomic E-state index is 13.2. The lowest BCUT2D eigenvalue weighted by molar-refractivity contribution is -0.145. The van der Waals surface area contributed by atoms with Gasteiger partial charge in [0.05, 0.1) is 18.8 Å². The Kier molecular flexibility index (Phi) is 9.65. The van der Waals surface area contributed by atoms with E-state index in [1.807, 2.05) is 19.9 Å². The molecular formula is C28H33F3O4S. The van der Waals surface area contributed by atoms with E-state index in [1.165, 1.54) is 23.5 Å². The van der Waals surface area contributed by atoms with Gasteiger partial charge >= 0.3 is 12.1 Å². The molecule has 0 unspecified atom stereocenters. The number of halogens is 3. The van der Waals surface area contributed by atoms with E-state index in [9.17, 15) is 18.0 Å². The summed E-state index contributed by atoms with van der Waals surface area (Å²) in [6, 6.07) is 9.46. The molecule has 0 saturated heterocycles. The molecule has 0 radical (unpaired) electrons. The van der Waals surface area contributed by atoms with Crippen LogP contribution in [0.2, 0.25) is 0 Å². The number of aryl methyl sites for hydroxylation is 2. The molecule has 3 rings (SSSR count). The summed E-state index contributed by atoms with van der Waals surface area (Å²) in [5, 5.41) is 0.888. The maximum atomic E-state index is 13.2. The summed E-state index contributed by atoms with van der Waals surface area (Å²) < 4.78 is 56.7. The quantitative estimate of drug-likeness (QED) is 0.225. The van der Waals surface area contributed by atoms with Gasteiger partial charge in [-0.1, -0.05) is 25.8 Å². The van der Waals surface area contributed by atoms with Crippen LogP contribution in [0.1, 0.15) is 67.0 Å². The molecule has 196 valence electrons. The van der Waals surface area contributed by atoms with Gasteiger partial charge < -0.3 is 14.2 Å². The molecule has 8 heteroatoms. The Bertz CT molecular complexity index is 1170. The smallest absolute Gasteiger partial charge is 0.416 e. The second kappa shape index (κ2) is 12.5. The summed E-state index contributed by atoms with van der Waals surface area (Å²) in [5.41, 5.74) is 1.30. The van der Waals surface area contributed by atoms with Crippen molar-refractivity contribution in [3.63, 3.8) is 0 Å². The van der Waals surface area contributed by atoms with E-state index >= 15 is 0 Å². The fourth-order valence-electron chi connectivity index (χ4n) is 4.20. The number of hydrogen-bond donors (Lipinski definition) is 0. The molecule has 1 atom stereocenters. The van der Waals surface area contributed by atoms with E-state index in [1.54, 1.807) is 25.1 Å². The molecule has 0 aliphatic rings. The zero-order chi connectivity index (χ0) is 26.3. The molecule has 0 N–H and O–H groups in total. The Morgan fingerprint density at radius 1 is 1.03 bits per heavy atom. The van der Waals surface area contributed by atoms with E-state index in [2.05, 4.69) is 6.92 Å². The lowest BCUT2D eigenvalue weighted by atomic mass is 9.94. The van der Waals surface area contributed by atoms with Gasteiger partial charge in [0.2, 0.25) is 0 Å². The van der Waals surface area contributed by atoms with E-state index in [4.69, 9.17) is 14.2 Å². The Labute approximate surface area is 214 Å². The minimum absolute atomic E-state index is 0.146. The number of ether oxygens (including phenoxy) is 3. The Hall–Kier alpha value is -2.74. The molecule has 0 amide bonds. The highest BCUT2D eigenvalue weighted by atomic mass is 32.1. The normalized spacial score (nSPS) is 12.5. The average Bonchev–Trinajstić information content (AvgIpc) is 3.16. The van der Waals surface area contributed by atoms with Crippen molar-refractivity contribution in [2.45, 2.75) is 65.5 Å². The van der Waals surface area contributed by atoms with Crippen molar-refractivity contribution in [2.24, 2.45) is 0 Å². The highest BCUT2D eigenvalue weighted by Crippen LogP contribution is 2.41. The number of carbonyl (C=O) groups excluding carboxylic acids is 1. The van der Waals surface area contributed by atoms with Crippen LogP contribution in [0.25, 0.3) is 10.1 Å². The van der Waals surface area contributed by atoms with Crippen molar-refractivity contribution in [1.29, 1.82) is 0 Å². The fraction of sp³-hybridized carbons (Fsp3) is 0.464. The maximum Gasteiger partial charge on any atom is 0.416 e. The van der Waals surface area contributed by atoms with Gasteiger partial charge in [0.15, 0.2) is 6.61 Å². The Morgan fingerprint density at radius 2 is 1.81 bits per heavy atom. The van der Waals surface area contributed by atoms with E-state index in [-0.39, 0.29) is 12.5 Å². The molecule has 1 aromatic heterocycles. The predicted molar refractivity (Wildman–Crippen MR) is 137 cm³/mol. The number of carbonyl (C=O) groups is 1. The van der Waals surface area contributed by atoms with Crippen LogP contribution in [-0.2, 0) is 15.7 Å². The van der Waals surface area contributed by atoms with Crippen LogP contribution in [-0.4, -0.2) is 25.8 Å². The first-order valence-electron chi connectivity index (χ1n) is 12.3. The van der Waals surface area contributed by atoms with Crippen molar-refractivity contribution >= 4 is 27.4 Å². The van der Waals surface area contributed by atoms with Gasteiger partial charge in [0, 0.05) is 9.58 Å². The van der Waals surface area contributed by atoms with Crippen LogP contribution in [0, 0.1) is 13.8 Å². The lowest BCUT2D eigenvalue weighted by Gasteiger charge is -2.17. The Balaban J connectivity index is 1.68. The van der Waals surface area contributed by atoms with Gasteiger partial charge in [-0.25, -0.2) is 4.79 Å². The van der Waals surface area contributed by atoms with Crippen molar-refractivity contribution in [2.75, 3.05) is 19.8 Å². The summed E-state index contributed by atoms with van der Waals surface area (Å²) in [4.78, 5) is 12.7. The lowest BCUT2D eigenvalue weighted by Crippen LogP contribution is -2.15. The number of benzene rings is 2. The number of unbranched alkanes of at least 4 members (excludes halogenated alkanes) is 1. The zero-order valence-electron chi connectivity index (χ0n) is 21.2. The Morgan fingerprint density at radius 3 is 2.47 bits per heavy atom. The molecule has 0 saturated carbocycles. The first kappa shape index (κ1) is 27.8. The third-order valence-electron chi connectivity index (χ3n) is 6.11. The second-order valence-corrected chi connectivity index (χ2v) is 9.88. The van der Waals surface area contributed by atoms with Crippen molar-refractivity contribution < 1.29 is 32.2 Å². The highest BCUT2D eigenvalue weighted by Gasteiger charge is 2.31. The molecule has 0 aliphatic heterocycles. The molecule has 4 nitrogen and oxygen atoms in total. The van der Waals surface area contributed by atoms with Gasteiger partial charge in [-0.3, -0.25) is 0 Å².